The Morgan fingerprint density at radius 2 is 0.727 bits per heavy atom. The largest absolute Gasteiger partial charge is 1.00 e. The molecule has 150 heavy (non-hydrogen) atoms. The first-order valence-electron chi connectivity index (χ1n) is 49.9. The van der Waals surface area contributed by atoms with Gasteiger partial charge in [-0.3, -0.25) is 58.4 Å². The molecule has 0 saturated heterocycles. The Balaban J connectivity index is 0.000000237. The third kappa shape index (κ3) is 28.4. The molecule has 8 heterocycles. The molecule has 6 atom stereocenters. The summed E-state index contributed by atoms with van der Waals surface area (Å²) in [6, 6.07) is 59.8. The zero-order chi connectivity index (χ0) is 104. The number of aryl methyl sites for hydroxylation is 3. The van der Waals surface area contributed by atoms with Crippen LogP contribution in [0.3, 0.4) is 0 Å². The van der Waals surface area contributed by atoms with E-state index in [1.165, 1.54) is 26.3 Å². The van der Waals surface area contributed by atoms with Gasteiger partial charge in [-0.1, -0.05) is 116 Å². The normalized spacial score (nSPS) is 16.1. The summed E-state index contributed by atoms with van der Waals surface area (Å²) < 4.78 is 65.6. The Kier molecular flexibility index (Phi) is 41.7. The van der Waals surface area contributed by atoms with E-state index in [1.807, 2.05) is 161 Å². The van der Waals surface area contributed by atoms with Crippen molar-refractivity contribution < 1.29 is 126 Å². The summed E-state index contributed by atoms with van der Waals surface area (Å²) in [4.78, 5) is 112. The number of hydrogen-bond donors (Lipinski definition) is 0. The molecule has 29 nitrogen and oxygen atoms in total. The number of aliphatic imine (C=N–C) groups is 3. The van der Waals surface area contributed by atoms with Crippen LogP contribution in [-0.4, -0.2) is 218 Å². The number of anilines is 6. The van der Waals surface area contributed by atoms with Gasteiger partial charge in [-0.15, -0.1) is 24.6 Å². The van der Waals surface area contributed by atoms with Crippen molar-refractivity contribution in [2.45, 2.75) is 188 Å². The van der Waals surface area contributed by atoms with Crippen LogP contribution in [0.4, 0.5) is 51.2 Å². The number of benzene rings is 10. The van der Waals surface area contributed by atoms with Crippen LogP contribution >= 0.6 is 0 Å². The predicted octanol–water partition coefficient (Wildman–Crippen LogP) is 14.3. The van der Waals surface area contributed by atoms with Gasteiger partial charge in [0.1, 0.15) is 37.9 Å². The minimum absolute atomic E-state index is 0. The van der Waals surface area contributed by atoms with Gasteiger partial charge >= 0.3 is 41.5 Å². The number of para-hydroxylation sites is 4. The zero-order valence-electron chi connectivity index (χ0n) is 88.4. The molecule has 0 saturated carbocycles. The number of ether oxygens (including phenoxy) is 11. The van der Waals surface area contributed by atoms with Crippen LogP contribution in [0.1, 0.15) is 184 Å². The van der Waals surface area contributed by atoms with Crippen LogP contribution in [0.15, 0.2) is 197 Å². The van der Waals surface area contributed by atoms with E-state index >= 15 is 0 Å². The maximum absolute atomic E-state index is 14.2. The molecule has 0 bridgehead atoms. The van der Waals surface area contributed by atoms with Gasteiger partial charge in [-0.05, 0) is 238 Å². The number of amides is 4. The minimum Gasteiger partial charge on any atom is -0.528 e. The van der Waals surface area contributed by atoms with E-state index in [0.717, 1.165) is 141 Å². The van der Waals surface area contributed by atoms with Gasteiger partial charge in [0, 0.05) is 165 Å². The van der Waals surface area contributed by atoms with Gasteiger partial charge in [-0.25, -0.2) is 0 Å². The number of hydrogen-bond acceptors (Lipinski definition) is 25. The van der Waals surface area contributed by atoms with Crippen LogP contribution < -0.4 is 87.4 Å². The molecule has 35 heteroatoms. The molecule has 787 valence electrons. The summed E-state index contributed by atoms with van der Waals surface area (Å²) in [7, 11) is 7.08. The van der Waals surface area contributed by atoms with Gasteiger partial charge < -0.3 is 90.4 Å². The molecule has 18 rings (SSSR count). The molecule has 8 aliphatic heterocycles. The summed E-state index contributed by atoms with van der Waals surface area (Å²) in [6.07, 6.45) is 16.4. The Hall–Kier alpha value is -11.7. The second-order valence-corrected chi connectivity index (χ2v) is 45.8. The fourth-order valence-electron chi connectivity index (χ4n) is 19.3. The van der Waals surface area contributed by atoms with E-state index in [0.29, 0.717) is 153 Å². The van der Waals surface area contributed by atoms with Crippen molar-refractivity contribution in [2.24, 2.45) is 15.0 Å². The molecule has 4 N–H and O–H groups in total. The maximum Gasteiger partial charge on any atom is 1.00 e. The summed E-state index contributed by atoms with van der Waals surface area (Å²) in [5.74, 6) is 1.93. The van der Waals surface area contributed by atoms with Crippen LogP contribution in [0.5, 0.6) is 34.5 Å². The van der Waals surface area contributed by atoms with Crippen molar-refractivity contribution in [3.8, 4) is 34.5 Å². The number of nitrogens with zero attached hydrogens (tertiary/aromatic N) is 9. The molecule has 0 aromatic heterocycles. The first-order chi connectivity index (χ1) is 70.7. The second kappa shape index (κ2) is 53.5. The number of methoxy groups -OCH3 is 2. The SMILES string of the molecule is CC(=O)OC(C)=O.CCCOCCOCCN(CC(C)(C)S(C)=S)c1cc(COc2cc3c(cc2C)C(=O)N2c4ccccc4C[C@H]2C=N3)cc(COc2cc3c(cc2OC)C(=O)N2c4ccccc4C[C@H]2C=N3)c1.CCCOCCOCCN(CC(C)(C)S(C)=S)c1cc(COc2cc3c(cc2C)C(=O)N2c4ccccc4C[C@H]2C=N3)cc(COc2cc3c(cc2OC)C(=O)N2c4ccccc4C[C@H]2CC3)c1.O.O.[B-]C(C)=O.[Na+]. The van der Waals surface area contributed by atoms with Crippen LogP contribution in [0.25, 0.3) is 0 Å². The van der Waals surface area contributed by atoms with Crippen LogP contribution in [0, 0.1) is 13.8 Å². The molecule has 4 amide bonds. The fraction of sp³-hybridized carbons (Fsp3) is 0.391. The summed E-state index contributed by atoms with van der Waals surface area (Å²) in [5.41, 5.74) is 20.3. The van der Waals surface area contributed by atoms with Crippen molar-refractivity contribution in [1.82, 2.24) is 0 Å². The summed E-state index contributed by atoms with van der Waals surface area (Å²) in [6.45, 7) is 28.8. The molecule has 0 aliphatic carbocycles. The molecular formula is C115H134BN9NaO20S4. The fourth-order valence-corrected chi connectivity index (χ4v) is 20.3. The number of carbonyl (C=O) groups is 7. The van der Waals surface area contributed by atoms with Crippen LogP contribution in [0.2, 0.25) is 0 Å². The molecule has 10 aromatic rings. The van der Waals surface area contributed by atoms with Crippen LogP contribution in [-0.2, 0) is 138 Å². The maximum atomic E-state index is 14.2. The van der Waals surface area contributed by atoms with Crippen molar-refractivity contribution >= 4 is 160 Å². The molecule has 3 radical (unpaired) electrons. The Labute approximate surface area is 917 Å². The van der Waals surface area contributed by atoms with Gasteiger partial charge in [0.05, 0.1) is 106 Å². The Morgan fingerprint density at radius 1 is 0.413 bits per heavy atom. The zero-order valence-corrected chi connectivity index (χ0v) is 93.7. The third-order valence-electron chi connectivity index (χ3n) is 26.9. The van der Waals surface area contributed by atoms with E-state index in [2.05, 4.69) is 137 Å². The van der Waals surface area contributed by atoms with E-state index in [-0.39, 0.29) is 149 Å². The molecule has 8 aliphatic rings. The number of carbonyl (C=O) groups excluding carboxylic acids is 7. The number of fused-ring (bicyclic) bond motifs is 16. The van der Waals surface area contributed by atoms with Crippen molar-refractivity contribution in [3.05, 3.63) is 265 Å². The average Bonchev–Trinajstić information content (AvgIpc) is 1.62. The minimum atomic E-state index is -0.562. The van der Waals surface area contributed by atoms with E-state index < -0.39 is 11.9 Å². The van der Waals surface area contributed by atoms with Crippen molar-refractivity contribution in [3.63, 3.8) is 0 Å². The Bertz CT molecular complexity index is 6710. The smallest absolute Gasteiger partial charge is 0.528 e. The standard InChI is InChI=1S/C55H62N4O7S2.C54H59N5O7S2.C4H6O3.C2H3BO.Na.2H2O/c1-7-19-63-21-22-64-20-18-57(35-55(3,4)68(6)67)43-25-37(33-65-50-31-47-46(23-36(50)2)54(61)59-44(32-56-47)28-41-13-9-11-15-49(41)59)24-38(26-43)34-66-52-29-39-16-17-42-27-40-12-8-10-14-48(40)58(42)53(60)45(39)30-51(52)62-5;1-7-17-63-19-20-64-18-16-57(34-54(3,4)68(6)67)40-23-36(32-65-49-28-45-43(21-35(49)2)52(60)58-41(30-55-45)25-38-12-8-10-14-47(38)58)22-37(24-40)33-66-51-29-46-44(27-50(51)62-5)53(61)59-42(31-56-46)26-39-13-9-11-15-48(39)59;1-3(5)7-4(2)6;1-2(3)4;;;/h8-15,23-26,29-32,42,44H,7,16-22,27-28,33-35H2,1-6H3;8-15,21-24,27-31,41-42H,7,16-20,25-26,32-34H2,1-6H3;1-2H3;1H3;;2*1H2/q;;;-1;+1;;/t42-,44+,68?;41-,42-,68?;;;;;/m10...../s1. The third-order valence-corrected chi connectivity index (χ3v) is 33.0. The first-order valence-corrected chi connectivity index (χ1v) is 55.0. The topological polar surface area (TPSA) is 341 Å². The quantitative estimate of drug-likeness (QED) is 0.0150. The Morgan fingerprint density at radius 3 is 1.07 bits per heavy atom. The predicted molar refractivity (Wildman–Crippen MR) is 598 cm³/mol. The monoisotopic (exact) mass is 2120 g/mol. The van der Waals surface area contributed by atoms with E-state index in [4.69, 9.17) is 84.7 Å². The van der Waals surface area contributed by atoms with E-state index in [9.17, 15) is 33.6 Å². The first kappa shape index (κ1) is 117. The van der Waals surface area contributed by atoms with Gasteiger partial charge in [0.25, 0.3) is 23.6 Å². The van der Waals surface area contributed by atoms with Gasteiger partial charge in [0.2, 0.25) is 0 Å². The second-order valence-electron chi connectivity index (χ2n) is 38.8. The molecule has 0 spiro atoms. The number of esters is 2. The summed E-state index contributed by atoms with van der Waals surface area (Å²) >= 11 is 11.8. The molecule has 10 aromatic carbocycles. The van der Waals surface area contributed by atoms with Crippen molar-refractivity contribution in [1.29, 1.82) is 0 Å². The van der Waals surface area contributed by atoms with E-state index in [1.54, 1.807) is 26.4 Å². The average molecular weight is 2120 g/mol. The summed E-state index contributed by atoms with van der Waals surface area (Å²) in [5, 5.41) is 0. The van der Waals surface area contributed by atoms with Gasteiger partial charge in [0.15, 0.2) is 23.0 Å². The molecule has 2 unspecified atom stereocenters. The van der Waals surface area contributed by atoms with Gasteiger partial charge in [-0.2, -0.15) is 0 Å². The number of rotatable bonds is 38. The molecular weight excluding hydrogens is 1990 g/mol. The van der Waals surface area contributed by atoms with Crippen molar-refractivity contribution in [2.75, 3.05) is 135 Å². The molecule has 0 fully saturated rings.